The van der Waals surface area contributed by atoms with Gasteiger partial charge in [-0.3, -0.25) is 0 Å². The van der Waals surface area contributed by atoms with Crippen molar-refractivity contribution in [1.82, 2.24) is 0 Å². The first-order valence-corrected chi connectivity index (χ1v) is 7.19. The van der Waals surface area contributed by atoms with Gasteiger partial charge < -0.3 is 10.2 Å². The second kappa shape index (κ2) is 5.14. The maximum atomic E-state index is 8.88. The van der Waals surface area contributed by atoms with Crippen molar-refractivity contribution in [3.63, 3.8) is 0 Å². The fourth-order valence-electron chi connectivity index (χ4n) is 2.87. The van der Waals surface area contributed by atoms with Crippen LogP contribution >= 0.6 is 0 Å². The Morgan fingerprint density at radius 2 is 1.86 bits per heavy atom. The van der Waals surface area contributed by atoms with Gasteiger partial charge in [0.15, 0.2) is 0 Å². The molecule has 2 aromatic carbocycles. The third kappa shape index (κ3) is 2.85. The van der Waals surface area contributed by atoms with Crippen LogP contribution in [0, 0.1) is 11.3 Å². The summed E-state index contributed by atoms with van der Waals surface area (Å²) in [7, 11) is 0. The van der Waals surface area contributed by atoms with Crippen LogP contribution < -0.4 is 10.2 Å². The fraction of sp³-hybridized carbons (Fsp3) is 0.278. The van der Waals surface area contributed by atoms with Gasteiger partial charge in [0.1, 0.15) is 0 Å². The van der Waals surface area contributed by atoms with Crippen LogP contribution in [0.4, 0.5) is 11.4 Å². The highest BCUT2D eigenvalue weighted by atomic mass is 15.2. The fourth-order valence-corrected chi connectivity index (χ4v) is 2.87. The van der Waals surface area contributed by atoms with Gasteiger partial charge in [0.05, 0.1) is 23.0 Å². The molecule has 21 heavy (non-hydrogen) atoms. The van der Waals surface area contributed by atoms with Gasteiger partial charge in [-0.2, -0.15) is 5.26 Å². The van der Waals surface area contributed by atoms with Crippen molar-refractivity contribution in [2.45, 2.75) is 25.9 Å². The molecule has 0 radical (unpaired) electrons. The normalized spacial score (nSPS) is 15.8. The molecule has 0 fully saturated rings. The number of hydrogen-bond acceptors (Lipinski definition) is 3. The summed E-state index contributed by atoms with van der Waals surface area (Å²) >= 11 is 0. The molecule has 0 amide bonds. The summed E-state index contributed by atoms with van der Waals surface area (Å²) in [5.74, 6) is 0. The van der Waals surface area contributed by atoms with Gasteiger partial charge in [0, 0.05) is 18.6 Å². The number of fused-ring (bicyclic) bond motifs is 1. The van der Waals surface area contributed by atoms with Crippen LogP contribution in [0.2, 0.25) is 0 Å². The molecule has 0 saturated carbocycles. The molecule has 0 bridgehead atoms. The predicted molar refractivity (Wildman–Crippen MR) is 86.4 cm³/mol. The molecule has 0 atom stereocenters. The number of rotatable bonds is 2. The summed E-state index contributed by atoms with van der Waals surface area (Å²) in [6.07, 6.45) is 0. The molecule has 2 aromatic rings. The van der Waals surface area contributed by atoms with E-state index in [-0.39, 0.29) is 5.54 Å². The molecule has 1 aliphatic rings. The highest BCUT2D eigenvalue weighted by Crippen LogP contribution is 2.34. The Balaban J connectivity index is 1.89. The first kappa shape index (κ1) is 13.5. The van der Waals surface area contributed by atoms with Crippen LogP contribution in [0.3, 0.4) is 0 Å². The van der Waals surface area contributed by atoms with E-state index < -0.39 is 0 Å². The van der Waals surface area contributed by atoms with E-state index in [1.165, 1.54) is 16.9 Å². The molecule has 1 N–H and O–H groups in total. The minimum atomic E-state index is 0.0426. The summed E-state index contributed by atoms with van der Waals surface area (Å²) in [6, 6.07) is 18.4. The zero-order chi connectivity index (χ0) is 14.9. The molecular formula is C18H19N3. The number of nitriles is 1. The van der Waals surface area contributed by atoms with E-state index in [0.29, 0.717) is 5.56 Å². The second-order valence-corrected chi connectivity index (χ2v) is 6.19. The summed E-state index contributed by atoms with van der Waals surface area (Å²) in [6.45, 7) is 6.24. The number of anilines is 2. The maximum absolute atomic E-state index is 8.88. The van der Waals surface area contributed by atoms with Gasteiger partial charge in [-0.1, -0.05) is 24.3 Å². The number of hydrogen-bond donors (Lipinski definition) is 1. The van der Waals surface area contributed by atoms with Crippen molar-refractivity contribution in [2.75, 3.05) is 16.8 Å². The SMILES string of the molecule is CC1(C)CN(Cc2ccc(C#N)cc2)c2ccccc2N1. The molecule has 1 aliphatic heterocycles. The standard InChI is InChI=1S/C18H19N3/c1-18(2)13-21(17-6-4-3-5-16(17)20-18)12-15-9-7-14(11-19)8-10-15/h3-10,20H,12-13H2,1-2H3. The van der Waals surface area contributed by atoms with Crippen LogP contribution in [0.5, 0.6) is 0 Å². The zero-order valence-corrected chi connectivity index (χ0v) is 12.4. The smallest absolute Gasteiger partial charge is 0.0991 e. The van der Waals surface area contributed by atoms with Crippen molar-refractivity contribution in [1.29, 1.82) is 5.26 Å². The quantitative estimate of drug-likeness (QED) is 0.908. The predicted octanol–water partition coefficient (Wildman–Crippen LogP) is 3.77. The van der Waals surface area contributed by atoms with Crippen molar-refractivity contribution in [2.24, 2.45) is 0 Å². The third-order valence-corrected chi connectivity index (χ3v) is 3.76. The molecule has 1 heterocycles. The lowest BCUT2D eigenvalue weighted by Crippen LogP contribution is -2.48. The molecule has 0 spiro atoms. The maximum Gasteiger partial charge on any atom is 0.0991 e. The number of para-hydroxylation sites is 2. The van der Waals surface area contributed by atoms with Gasteiger partial charge >= 0.3 is 0 Å². The second-order valence-electron chi connectivity index (χ2n) is 6.19. The molecule has 0 unspecified atom stereocenters. The van der Waals surface area contributed by atoms with Crippen LogP contribution in [0.1, 0.15) is 25.0 Å². The lowest BCUT2D eigenvalue weighted by molar-refractivity contribution is 0.530. The molecule has 3 rings (SSSR count). The van der Waals surface area contributed by atoms with Crippen molar-refractivity contribution in [3.8, 4) is 6.07 Å². The van der Waals surface area contributed by atoms with E-state index in [9.17, 15) is 0 Å². The third-order valence-electron chi connectivity index (χ3n) is 3.76. The summed E-state index contributed by atoms with van der Waals surface area (Å²) in [5, 5.41) is 12.5. The van der Waals surface area contributed by atoms with Gasteiger partial charge in [-0.15, -0.1) is 0 Å². The minimum absolute atomic E-state index is 0.0426. The van der Waals surface area contributed by atoms with Crippen LogP contribution in [-0.2, 0) is 6.54 Å². The van der Waals surface area contributed by atoms with Crippen LogP contribution in [-0.4, -0.2) is 12.1 Å². The van der Waals surface area contributed by atoms with Gasteiger partial charge in [0.2, 0.25) is 0 Å². The lowest BCUT2D eigenvalue weighted by atomic mass is 9.98. The molecule has 3 nitrogen and oxygen atoms in total. The van der Waals surface area contributed by atoms with Gasteiger partial charge in [0.25, 0.3) is 0 Å². The van der Waals surface area contributed by atoms with E-state index in [1.54, 1.807) is 0 Å². The highest BCUT2D eigenvalue weighted by molar-refractivity contribution is 5.73. The molecule has 3 heteroatoms. The van der Waals surface area contributed by atoms with E-state index in [0.717, 1.165) is 13.1 Å². The van der Waals surface area contributed by atoms with Crippen molar-refractivity contribution < 1.29 is 0 Å². The average molecular weight is 277 g/mol. The Labute approximate surface area is 125 Å². The van der Waals surface area contributed by atoms with Crippen molar-refractivity contribution >= 4 is 11.4 Å². The van der Waals surface area contributed by atoms with Crippen LogP contribution in [0.25, 0.3) is 0 Å². The van der Waals surface area contributed by atoms with Gasteiger partial charge in [-0.05, 0) is 43.7 Å². The summed E-state index contributed by atoms with van der Waals surface area (Å²) in [5.41, 5.74) is 4.39. The topological polar surface area (TPSA) is 39.1 Å². The number of benzene rings is 2. The number of nitrogens with zero attached hydrogens (tertiary/aromatic N) is 2. The Kier molecular flexibility index (Phi) is 3.31. The van der Waals surface area contributed by atoms with E-state index in [2.05, 4.69) is 54.4 Å². The van der Waals surface area contributed by atoms with E-state index >= 15 is 0 Å². The average Bonchev–Trinajstić information content (AvgIpc) is 2.47. The molecule has 0 saturated heterocycles. The molecule has 0 aromatic heterocycles. The van der Waals surface area contributed by atoms with Crippen LogP contribution in [0.15, 0.2) is 48.5 Å². The van der Waals surface area contributed by atoms with E-state index in [4.69, 9.17) is 5.26 Å². The Hall–Kier alpha value is -2.47. The van der Waals surface area contributed by atoms with E-state index in [1.807, 2.05) is 24.3 Å². The molecule has 106 valence electrons. The zero-order valence-electron chi connectivity index (χ0n) is 12.4. The monoisotopic (exact) mass is 277 g/mol. The lowest BCUT2D eigenvalue weighted by Gasteiger charge is -2.42. The first-order chi connectivity index (χ1) is 10.1. The van der Waals surface area contributed by atoms with Crippen molar-refractivity contribution in [3.05, 3.63) is 59.7 Å². The highest BCUT2D eigenvalue weighted by Gasteiger charge is 2.28. The first-order valence-electron chi connectivity index (χ1n) is 7.19. The van der Waals surface area contributed by atoms with Gasteiger partial charge in [-0.25, -0.2) is 0 Å². The Morgan fingerprint density at radius 3 is 2.57 bits per heavy atom. The molecular weight excluding hydrogens is 258 g/mol. The number of nitrogens with one attached hydrogen (secondary N) is 1. The summed E-state index contributed by atoms with van der Waals surface area (Å²) in [4.78, 5) is 2.40. The largest absolute Gasteiger partial charge is 0.377 e. The Morgan fingerprint density at radius 1 is 1.14 bits per heavy atom. The molecule has 0 aliphatic carbocycles. The minimum Gasteiger partial charge on any atom is -0.377 e. The summed E-state index contributed by atoms with van der Waals surface area (Å²) < 4.78 is 0. The Bertz CT molecular complexity index is 680.